The molecule has 0 amide bonds. The van der Waals surface area contributed by atoms with Gasteiger partial charge in [-0.15, -0.1) is 0 Å². The van der Waals surface area contributed by atoms with Crippen molar-refractivity contribution < 1.29 is 0 Å². The first-order chi connectivity index (χ1) is 4.76. The standard InChI is InChI=1S/C10H16/c1-6-9-7-4-3-5-8(7)10(6,9)2/h6-9H,3-5H2,1-2H3. The van der Waals surface area contributed by atoms with Gasteiger partial charge in [-0.05, 0) is 41.9 Å². The fourth-order valence-corrected chi connectivity index (χ4v) is 4.28. The Morgan fingerprint density at radius 3 is 2.80 bits per heavy atom. The summed E-state index contributed by atoms with van der Waals surface area (Å²) in [6, 6.07) is 0. The summed E-state index contributed by atoms with van der Waals surface area (Å²) >= 11 is 0. The minimum absolute atomic E-state index is 0.848. The van der Waals surface area contributed by atoms with Crippen LogP contribution in [0, 0.1) is 29.1 Å². The molecule has 0 aromatic heterocycles. The van der Waals surface area contributed by atoms with Crippen LogP contribution in [-0.2, 0) is 0 Å². The Bertz CT molecular complexity index is 184. The maximum absolute atomic E-state index is 2.52. The van der Waals surface area contributed by atoms with Crippen LogP contribution in [0.25, 0.3) is 0 Å². The third-order valence-electron chi connectivity index (χ3n) is 4.96. The summed E-state index contributed by atoms with van der Waals surface area (Å²) in [5.74, 6) is 4.59. The molecule has 5 atom stereocenters. The van der Waals surface area contributed by atoms with Gasteiger partial charge in [0, 0.05) is 0 Å². The van der Waals surface area contributed by atoms with Crippen LogP contribution in [-0.4, -0.2) is 0 Å². The van der Waals surface area contributed by atoms with Gasteiger partial charge in [-0.1, -0.05) is 20.3 Å². The molecule has 0 heterocycles. The first kappa shape index (κ1) is 5.62. The van der Waals surface area contributed by atoms with E-state index in [9.17, 15) is 0 Å². The van der Waals surface area contributed by atoms with Gasteiger partial charge >= 0.3 is 0 Å². The first-order valence-electron chi connectivity index (χ1n) is 4.76. The molecule has 3 saturated carbocycles. The predicted octanol–water partition coefficient (Wildman–Crippen LogP) is 2.69. The zero-order valence-electron chi connectivity index (χ0n) is 6.93. The van der Waals surface area contributed by atoms with Crippen LogP contribution in [0.2, 0.25) is 0 Å². The van der Waals surface area contributed by atoms with E-state index in [-0.39, 0.29) is 0 Å². The Morgan fingerprint density at radius 2 is 2.10 bits per heavy atom. The third kappa shape index (κ3) is 0.339. The molecule has 3 rings (SSSR count). The topological polar surface area (TPSA) is 0 Å². The van der Waals surface area contributed by atoms with E-state index in [0.717, 1.165) is 17.3 Å². The first-order valence-corrected chi connectivity index (χ1v) is 4.76. The molecule has 5 unspecified atom stereocenters. The monoisotopic (exact) mass is 136 g/mol. The van der Waals surface area contributed by atoms with Crippen molar-refractivity contribution in [1.29, 1.82) is 0 Å². The summed E-state index contributed by atoms with van der Waals surface area (Å²) in [5.41, 5.74) is 0.848. The highest BCUT2D eigenvalue weighted by molar-refractivity contribution is 5.23. The molecule has 56 valence electrons. The Morgan fingerprint density at radius 1 is 1.30 bits per heavy atom. The van der Waals surface area contributed by atoms with Gasteiger partial charge in [0.05, 0.1) is 0 Å². The van der Waals surface area contributed by atoms with Gasteiger partial charge in [0.25, 0.3) is 0 Å². The highest BCUT2D eigenvalue weighted by Gasteiger charge is 2.76. The molecule has 0 aliphatic heterocycles. The Kier molecular flexibility index (Phi) is 0.735. The summed E-state index contributed by atoms with van der Waals surface area (Å²) in [6.45, 7) is 4.98. The van der Waals surface area contributed by atoms with E-state index in [4.69, 9.17) is 0 Å². The van der Waals surface area contributed by atoms with Gasteiger partial charge in [-0.25, -0.2) is 0 Å². The summed E-state index contributed by atoms with van der Waals surface area (Å²) in [5, 5.41) is 0. The predicted molar refractivity (Wildman–Crippen MR) is 41.6 cm³/mol. The lowest BCUT2D eigenvalue weighted by atomic mass is 9.67. The number of rotatable bonds is 0. The molecule has 0 nitrogen and oxygen atoms in total. The van der Waals surface area contributed by atoms with E-state index >= 15 is 0 Å². The normalized spacial score (nSPS) is 70.2. The molecule has 0 N–H and O–H groups in total. The van der Waals surface area contributed by atoms with Gasteiger partial charge < -0.3 is 0 Å². The van der Waals surface area contributed by atoms with E-state index in [2.05, 4.69) is 13.8 Å². The average Bonchev–Trinajstić information content (AvgIpc) is 2.35. The van der Waals surface area contributed by atoms with Crippen LogP contribution >= 0.6 is 0 Å². The van der Waals surface area contributed by atoms with Crippen molar-refractivity contribution in [1.82, 2.24) is 0 Å². The minimum atomic E-state index is 0.848. The van der Waals surface area contributed by atoms with Crippen molar-refractivity contribution in [3.8, 4) is 0 Å². The second-order valence-electron chi connectivity index (χ2n) is 4.88. The maximum atomic E-state index is 2.52. The van der Waals surface area contributed by atoms with E-state index < -0.39 is 0 Å². The molecule has 0 bridgehead atoms. The van der Waals surface area contributed by atoms with Crippen molar-refractivity contribution in [2.24, 2.45) is 29.1 Å². The third-order valence-corrected chi connectivity index (χ3v) is 4.96. The van der Waals surface area contributed by atoms with Crippen molar-refractivity contribution in [3.63, 3.8) is 0 Å². The van der Waals surface area contributed by atoms with Crippen LogP contribution in [0.4, 0.5) is 0 Å². The summed E-state index contributed by atoms with van der Waals surface area (Å²) < 4.78 is 0. The number of fused-ring (bicyclic) bond motifs is 4. The summed E-state index contributed by atoms with van der Waals surface area (Å²) in [7, 11) is 0. The van der Waals surface area contributed by atoms with Crippen molar-refractivity contribution >= 4 is 0 Å². The molecule has 0 spiro atoms. The number of hydrogen-bond donors (Lipinski definition) is 0. The van der Waals surface area contributed by atoms with Crippen molar-refractivity contribution in [2.45, 2.75) is 33.1 Å². The fourth-order valence-electron chi connectivity index (χ4n) is 4.28. The summed E-state index contributed by atoms with van der Waals surface area (Å²) in [6.07, 6.45) is 4.66. The van der Waals surface area contributed by atoms with Gasteiger partial charge in [0.1, 0.15) is 0 Å². The lowest BCUT2D eigenvalue weighted by Crippen LogP contribution is -2.32. The number of hydrogen-bond acceptors (Lipinski definition) is 0. The van der Waals surface area contributed by atoms with Crippen LogP contribution in [0.15, 0.2) is 0 Å². The van der Waals surface area contributed by atoms with E-state index in [0.29, 0.717) is 0 Å². The molecular weight excluding hydrogens is 120 g/mol. The second kappa shape index (κ2) is 1.31. The molecule has 3 aliphatic carbocycles. The van der Waals surface area contributed by atoms with Crippen molar-refractivity contribution in [2.75, 3.05) is 0 Å². The highest BCUT2D eigenvalue weighted by Crippen LogP contribution is 2.81. The van der Waals surface area contributed by atoms with Crippen LogP contribution in [0.1, 0.15) is 33.1 Å². The van der Waals surface area contributed by atoms with Crippen LogP contribution < -0.4 is 0 Å². The van der Waals surface area contributed by atoms with Gasteiger partial charge in [-0.2, -0.15) is 0 Å². The molecule has 10 heavy (non-hydrogen) atoms. The zero-order valence-corrected chi connectivity index (χ0v) is 6.93. The van der Waals surface area contributed by atoms with Gasteiger partial charge in [0.15, 0.2) is 0 Å². The highest BCUT2D eigenvalue weighted by atomic mass is 14.8. The molecule has 3 aliphatic rings. The molecule has 0 aromatic rings. The molecule has 0 saturated heterocycles. The largest absolute Gasteiger partial charge is 0.0617 e. The second-order valence-corrected chi connectivity index (χ2v) is 4.88. The van der Waals surface area contributed by atoms with Crippen LogP contribution in [0.3, 0.4) is 0 Å². The molecule has 3 fully saturated rings. The van der Waals surface area contributed by atoms with Crippen molar-refractivity contribution in [3.05, 3.63) is 0 Å². The smallest absolute Gasteiger partial charge is 0.0232 e. The zero-order chi connectivity index (χ0) is 6.93. The quantitative estimate of drug-likeness (QED) is 0.480. The summed E-state index contributed by atoms with van der Waals surface area (Å²) in [4.78, 5) is 0. The molecule has 0 aromatic carbocycles. The molecular formula is C10H16. The Balaban J connectivity index is 1.93. The lowest BCUT2D eigenvalue weighted by Gasteiger charge is -2.37. The molecule has 0 heteroatoms. The van der Waals surface area contributed by atoms with E-state index in [1.54, 1.807) is 12.8 Å². The SMILES string of the molecule is CC1C2C3CCCC3C12C. The lowest BCUT2D eigenvalue weighted by molar-refractivity contribution is 0.105. The molecule has 0 radical (unpaired) electrons. The maximum Gasteiger partial charge on any atom is -0.0232 e. The Labute approximate surface area is 63.0 Å². The Hall–Kier alpha value is 0. The van der Waals surface area contributed by atoms with Gasteiger partial charge in [0.2, 0.25) is 0 Å². The minimum Gasteiger partial charge on any atom is -0.0617 e. The van der Waals surface area contributed by atoms with Crippen LogP contribution in [0.5, 0.6) is 0 Å². The average molecular weight is 136 g/mol. The van der Waals surface area contributed by atoms with Gasteiger partial charge in [-0.3, -0.25) is 0 Å². The van der Waals surface area contributed by atoms with E-state index in [1.807, 2.05) is 0 Å². The fraction of sp³-hybridized carbons (Fsp3) is 1.00. The van der Waals surface area contributed by atoms with E-state index in [1.165, 1.54) is 18.3 Å².